The van der Waals surface area contributed by atoms with E-state index < -0.39 is 0 Å². The second-order valence-electron chi connectivity index (χ2n) is 2.32. The van der Waals surface area contributed by atoms with Gasteiger partial charge in [0.15, 0.2) is 0 Å². The molecule has 3 nitrogen and oxygen atoms in total. The number of carbonyl (C=O) groups is 1. The Balaban J connectivity index is 2.27. The molecule has 2 rings (SSSR count). The first-order chi connectivity index (χ1) is 5.75. The van der Waals surface area contributed by atoms with Crippen LogP contribution in [0.25, 0.3) is 0 Å². The van der Waals surface area contributed by atoms with Gasteiger partial charge in [0.2, 0.25) is 5.91 Å². The molecule has 0 radical (unpaired) electrons. The van der Waals surface area contributed by atoms with Crippen LogP contribution in [0.4, 0.5) is 0 Å². The molecule has 0 atom stereocenters. The molecule has 0 bridgehead atoms. The minimum Gasteiger partial charge on any atom is -0.308 e. The number of halogens is 1. The van der Waals surface area contributed by atoms with Crippen molar-refractivity contribution in [2.45, 2.75) is 0 Å². The molecule has 0 unspecified atom stereocenters. The standard InChI is InChI=1S/C7H5ClN2OS/c8-5-2-1-4(12-5)7-9-3-6(11)10-7/h1-2H,3H2,(H,9,10,11). The second kappa shape index (κ2) is 2.88. The van der Waals surface area contributed by atoms with Crippen LogP contribution >= 0.6 is 22.9 Å². The number of amidine groups is 1. The van der Waals surface area contributed by atoms with Crippen molar-refractivity contribution in [3.63, 3.8) is 0 Å². The van der Waals surface area contributed by atoms with Crippen molar-refractivity contribution in [3.8, 4) is 0 Å². The van der Waals surface area contributed by atoms with Gasteiger partial charge in [0.1, 0.15) is 12.4 Å². The van der Waals surface area contributed by atoms with Crippen LogP contribution in [-0.4, -0.2) is 18.3 Å². The number of nitrogens with zero attached hydrogens (tertiary/aromatic N) is 1. The van der Waals surface area contributed by atoms with E-state index in [1.807, 2.05) is 6.07 Å². The molecule has 1 aliphatic rings. The van der Waals surface area contributed by atoms with Crippen LogP contribution in [0, 0.1) is 0 Å². The zero-order valence-corrected chi connectivity index (χ0v) is 7.58. The van der Waals surface area contributed by atoms with Crippen molar-refractivity contribution < 1.29 is 4.79 Å². The Morgan fingerprint density at radius 1 is 1.58 bits per heavy atom. The zero-order valence-electron chi connectivity index (χ0n) is 6.00. The molecule has 12 heavy (non-hydrogen) atoms. The molecule has 0 fully saturated rings. The quantitative estimate of drug-likeness (QED) is 0.729. The third kappa shape index (κ3) is 1.35. The van der Waals surface area contributed by atoms with Crippen LogP contribution in [0.3, 0.4) is 0 Å². The smallest absolute Gasteiger partial charge is 0.247 e. The number of carbonyl (C=O) groups excluding carboxylic acids is 1. The summed E-state index contributed by atoms with van der Waals surface area (Å²) in [5.74, 6) is 0.575. The third-order valence-corrected chi connectivity index (χ3v) is 2.68. The molecule has 0 aliphatic carbocycles. The van der Waals surface area contributed by atoms with Gasteiger partial charge in [0, 0.05) is 0 Å². The normalized spacial score (nSPS) is 16.1. The summed E-state index contributed by atoms with van der Waals surface area (Å²) in [7, 11) is 0. The van der Waals surface area contributed by atoms with E-state index in [0.29, 0.717) is 10.2 Å². The van der Waals surface area contributed by atoms with E-state index >= 15 is 0 Å². The number of amides is 1. The van der Waals surface area contributed by atoms with E-state index in [1.54, 1.807) is 6.07 Å². The molecular formula is C7H5ClN2OS. The lowest BCUT2D eigenvalue weighted by atomic mass is 10.4. The van der Waals surface area contributed by atoms with Crippen molar-refractivity contribution in [1.29, 1.82) is 0 Å². The van der Waals surface area contributed by atoms with Crippen molar-refractivity contribution in [3.05, 3.63) is 21.3 Å². The van der Waals surface area contributed by atoms with E-state index in [4.69, 9.17) is 11.6 Å². The van der Waals surface area contributed by atoms with Crippen LogP contribution in [0.15, 0.2) is 17.1 Å². The first kappa shape index (κ1) is 7.76. The number of thiophene rings is 1. The topological polar surface area (TPSA) is 41.5 Å². The first-order valence-corrected chi connectivity index (χ1v) is 4.55. The SMILES string of the molecule is O=C1CN=C(c2ccc(Cl)s2)N1. The number of aliphatic imine (C=N–C) groups is 1. The Morgan fingerprint density at radius 2 is 2.42 bits per heavy atom. The predicted molar refractivity (Wildman–Crippen MR) is 48.9 cm³/mol. The van der Waals surface area contributed by atoms with Gasteiger partial charge in [0.25, 0.3) is 0 Å². The molecule has 62 valence electrons. The Kier molecular flexibility index (Phi) is 1.86. The van der Waals surface area contributed by atoms with Gasteiger partial charge in [-0.1, -0.05) is 11.6 Å². The van der Waals surface area contributed by atoms with Gasteiger partial charge >= 0.3 is 0 Å². The molecule has 0 saturated carbocycles. The first-order valence-electron chi connectivity index (χ1n) is 3.36. The fourth-order valence-corrected chi connectivity index (χ4v) is 1.95. The summed E-state index contributed by atoms with van der Waals surface area (Å²) in [6.07, 6.45) is 0. The summed E-state index contributed by atoms with van der Waals surface area (Å²) < 4.78 is 0.703. The highest BCUT2D eigenvalue weighted by Crippen LogP contribution is 2.22. The summed E-state index contributed by atoms with van der Waals surface area (Å²) in [6.45, 7) is 0.227. The lowest BCUT2D eigenvalue weighted by Crippen LogP contribution is -2.24. The molecule has 0 saturated heterocycles. The molecule has 1 N–H and O–H groups in total. The fraction of sp³-hybridized carbons (Fsp3) is 0.143. The molecule has 1 amide bonds. The molecular weight excluding hydrogens is 196 g/mol. The highest BCUT2D eigenvalue weighted by Gasteiger charge is 2.15. The van der Waals surface area contributed by atoms with Gasteiger partial charge in [-0.05, 0) is 12.1 Å². The van der Waals surface area contributed by atoms with Gasteiger partial charge in [0.05, 0.1) is 9.21 Å². The lowest BCUT2D eigenvalue weighted by Gasteiger charge is -1.93. The van der Waals surface area contributed by atoms with Crippen LogP contribution < -0.4 is 5.32 Å². The number of hydrogen-bond acceptors (Lipinski definition) is 3. The van der Waals surface area contributed by atoms with E-state index in [9.17, 15) is 4.79 Å². The Morgan fingerprint density at radius 3 is 2.92 bits per heavy atom. The van der Waals surface area contributed by atoms with E-state index in [2.05, 4.69) is 10.3 Å². The highest BCUT2D eigenvalue weighted by molar-refractivity contribution is 7.18. The maximum atomic E-state index is 10.8. The van der Waals surface area contributed by atoms with E-state index in [0.717, 1.165) is 4.88 Å². The number of hydrogen-bond donors (Lipinski definition) is 1. The van der Waals surface area contributed by atoms with Gasteiger partial charge < -0.3 is 5.32 Å². The maximum absolute atomic E-state index is 10.8. The minimum absolute atomic E-state index is 0.0606. The van der Waals surface area contributed by atoms with Gasteiger partial charge in [-0.3, -0.25) is 9.79 Å². The number of rotatable bonds is 1. The molecule has 2 heterocycles. The average molecular weight is 201 g/mol. The predicted octanol–water partition coefficient (Wildman–Crippen LogP) is 1.28. The summed E-state index contributed by atoms with van der Waals surface area (Å²) in [5.41, 5.74) is 0. The Bertz CT molecular complexity index is 358. The highest BCUT2D eigenvalue weighted by atomic mass is 35.5. The van der Waals surface area contributed by atoms with Gasteiger partial charge in [-0.2, -0.15) is 0 Å². The Labute approximate surface area is 78.1 Å². The molecule has 0 spiro atoms. The van der Waals surface area contributed by atoms with Crippen LogP contribution in [0.2, 0.25) is 4.34 Å². The maximum Gasteiger partial charge on any atom is 0.247 e. The zero-order chi connectivity index (χ0) is 8.55. The van der Waals surface area contributed by atoms with Crippen molar-refractivity contribution in [1.82, 2.24) is 5.32 Å². The monoisotopic (exact) mass is 200 g/mol. The number of nitrogens with one attached hydrogen (secondary N) is 1. The van der Waals surface area contributed by atoms with Gasteiger partial charge in [-0.15, -0.1) is 11.3 Å². The van der Waals surface area contributed by atoms with Crippen molar-refractivity contribution >= 4 is 34.7 Å². The summed E-state index contributed by atoms with van der Waals surface area (Å²) in [5, 5.41) is 2.65. The van der Waals surface area contributed by atoms with Crippen LogP contribution in [0.1, 0.15) is 4.88 Å². The molecule has 1 aliphatic heterocycles. The fourth-order valence-electron chi connectivity index (χ4n) is 0.943. The lowest BCUT2D eigenvalue weighted by molar-refractivity contribution is -0.117. The van der Waals surface area contributed by atoms with E-state index in [1.165, 1.54) is 11.3 Å². The summed E-state index contributed by atoms with van der Waals surface area (Å²) in [6, 6.07) is 3.63. The molecule has 5 heteroatoms. The summed E-state index contributed by atoms with van der Waals surface area (Å²) >= 11 is 7.13. The molecule has 1 aromatic heterocycles. The average Bonchev–Trinajstić information content (AvgIpc) is 2.58. The van der Waals surface area contributed by atoms with E-state index in [-0.39, 0.29) is 12.5 Å². The molecule has 0 aromatic carbocycles. The van der Waals surface area contributed by atoms with Crippen LogP contribution in [-0.2, 0) is 4.79 Å². The van der Waals surface area contributed by atoms with Gasteiger partial charge in [-0.25, -0.2) is 0 Å². The second-order valence-corrected chi connectivity index (χ2v) is 4.03. The summed E-state index contributed by atoms with van der Waals surface area (Å²) in [4.78, 5) is 15.7. The third-order valence-electron chi connectivity index (χ3n) is 1.45. The molecule has 1 aromatic rings. The van der Waals surface area contributed by atoms with Crippen molar-refractivity contribution in [2.75, 3.05) is 6.54 Å². The van der Waals surface area contributed by atoms with Crippen molar-refractivity contribution in [2.24, 2.45) is 4.99 Å². The Hall–Kier alpha value is -0.870. The van der Waals surface area contributed by atoms with Crippen LogP contribution in [0.5, 0.6) is 0 Å². The minimum atomic E-state index is -0.0606. The largest absolute Gasteiger partial charge is 0.308 e.